The van der Waals surface area contributed by atoms with Crippen molar-refractivity contribution in [3.05, 3.63) is 0 Å². The van der Waals surface area contributed by atoms with E-state index in [0.717, 1.165) is 0 Å². The monoisotopic (exact) mass is 866 g/mol. The molecule has 0 saturated carbocycles. The lowest BCUT2D eigenvalue weighted by Crippen LogP contribution is -2.64. The Hall–Kier alpha value is -0.820. The number of hydroxylamine groups is 4. The summed E-state index contributed by atoms with van der Waals surface area (Å²) >= 11 is 3.94. The van der Waals surface area contributed by atoms with Gasteiger partial charge in [-0.2, -0.15) is 10.1 Å². The minimum absolute atomic E-state index is 0.0245. The van der Waals surface area contributed by atoms with Gasteiger partial charge < -0.3 is 29.4 Å². The van der Waals surface area contributed by atoms with Gasteiger partial charge in [0.2, 0.25) is 0 Å². The molecule has 2 fully saturated rings. The Kier molecular flexibility index (Phi) is 14.0. The zero-order valence-corrected chi connectivity index (χ0v) is 32.4. The minimum atomic E-state index is -0.843. The summed E-state index contributed by atoms with van der Waals surface area (Å²) in [6, 6.07) is 0. The third-order valence-electron chi connectivity index (χ3n) is 8.85. The fourth-order valence-electron chi connectivity index (χ4n) is 6.59. The van der Waals surface area contributed by atoms with Gasteiger partial charge in [-0.25, -0.2) is 0 Å². The number of hydrogen-bond donors (Lipinski definition) is 2. The highest BCUT2D eigenvalue weighted by atomic mass is 127. The molecule has 5 unspecified atom stereocenters. The maximum Gasteiger partial charge on any atom is 0.321 e. The number of esters is 4. The van der Waals surface area contributed by atoms with E-state index in [-0.39, 0.29) is 42.3 Å². The maximum atomic E-state index is 13.1. The Balaban J connectivity index is 2.08. The van der Waals surface area contributed by atoms with Gasteiger partial charge in [0, 0.05) is 22.2 Å². The Morgan fingerprint density at radius 2 is 1.09 bits per heavy atom. The van der Waals surface area contributed by atoms with Crippen molar-refractivity contribution < 1.29 is 48.5 Å². The molecule has 2 rings (SSSR count). The van der Waals surface area contributed by atoms with Gasteiger partial charge >= 0.3 is 23.9 Å². The van der Waals surface area contributed by atoms with Gasteiger partial charge in [0.05, 0.1) is 11.8 Å². The van der Waals surface area contributed by atoms with Crippen LogP contribution in [0.3, 0.4) is 0 Å². The number of nitrogens with zero attached hydrogens (tertiary/aromatic N) is 2. The first-order valence-corrected chi connectivity index (χ1v) is 17.8. The molecule has 0 aromatic heterocycles. The highest BCUT2D eigenvalue weighted by molar-refractivity contribution is 14.1. The van der Waals surface area contributed by atoms with E-state index >= 15 is 0 Å². The Morgan fingerprint density at radius 3 is 1.44 bits per heavy atom. The number of carbonyl (C=O) groups excluding carboxylic acids is 4. The van der Waals surface area contributed by atoms with Gasteiger partial charge in [-0.05, 0) is 101 Å². The molecule has 0 radical (unpaired) electrons. The van der Waals surface area contributed by atoms with Crippen LogP contribution in [0.25, 0.3) is 0 Å². The average Bonchev–Trinajstić information content (AvgIpc) is 2.92. The van der Waals surface area contributed by atoms with E-state index in [1.54, 1.807) is 20.8 Å². The van der Waals surface area contributed by atoms with Crippen molar-refractivity contribution >= 4 is 69.1 Å². The van der Waals surface area contributed by atoms with Crippen molar-refractivity contribution in [2.45, 2.75) is 130 Å². The van der Waals surface area contributed by atoms with E-state index in [2.05, 4.69) is 0 Å². The second kappa shape index (κ2) is 15.6. The van der Waals surface area contributed by atoms with Crippen molar-refractivity contribution in [1.29, 1.82) is 0 Å². The van der Waals surface area contributed by atoms with Gasteiger partial charge in [0.25, 0.3) is 0 Å². The summed E-state index contributed by atoms with van der Waals surface area (Å²) in [4.78, 5) is 49.9. The van der Waals surface area contributed by atoms with Crippen LogP contribution in [0.1, 0.15) is 101 Å². The van der Waals surface area contributed by atoms with Crippen LogP contribution in [-0.4, -0.2) is 100 Å². The fourth-order valence-corrected chi connectivity index (χ4v) is 6.93. The van der Waals surface area contributed by atoms with Gasteiger partial charge in [-0.1, -0.05) is 45.2 Å². The standard InChI is InChI=1S/C31H52I2N2O10/c1-20(32)23(36)42-12-13-43-24(37)21-16-27(2,3)34(40)30(8,18-21)10-11-31(9)19-22(17-28(4,5)35(31)41)25(38)44-14-15-45-26(39)29(6,7)33/h20-22,40-41H,10-19H2,1-9H3. The molecule has 12 nitrogen and oxygen atoms in total. The molecule has 2 heterocycles. The lowest BCUT2D eigenvalue weighted by atomic mass is 9.68. The molecule has 0 amide bonds. The van der Waals surface area contributed by atoms with Crippen molar-refractivity contribution in [3.63, 3.8) is 0 Å². The van der Waals surface area contributed by atoms with E-state index in [4.69, 9.17) is 18.9 Å². The lowest BCUT2D eigenvalue weighted by molar-refractivity contribution is -0.275. The molecular formula is C31H52I2N2O10. The molecule has 2 aliphatic rings. The largest absolute Gasteiger partial charge is 0.462 e. The second-order valence-electron chi connectivity index (χ2n) is 14.7. The molecule has 2 saturated heterocycles. The Bertz CT molecular complexity index is 1080. The topological polar surface area (TPSA) is 152 Å². The number of halogens is 2. The summed E-state index contributed by atoms with van der Waals surface area (Å²) in [6.07, 6.45) is 2.20. The van der Waals surface area contributed by atoms with E-state index in [1.165, 1.54) is 10.1 Å². The average molecular weight is 867 g/mol. The van der Waals surface area contributed by atoms with E-state index in [0.29, 0.717) is 38.5 Å². The van der Waals surface area contributed by atoms with Crippen LogP contribution >= 0.6 is 45.2 Å². The molecule has 0 aliphatic carbocycles. The van der Waals surface area contributed by atoms with Crippen LogP contribution in [0.15, 0.2) is 0 Å². The Morgan fingerprint density at radius 1 is 0.733 bits per heavy atom. The number of carbonyl (C=O) groups is 4. The van der Waals surface area contributed by atoms with Gasteiger partial charge in [-0.3, -0.25) is 19.2 Å². The first kappa shape index (κ1) is 40.4. The van der Waals surface area contributed by atoms with E-state index in [1.807, 2.05) is 86.7 Å². The van der Waals surface area contributed by atoms with Crippen LogP contribution in [0.2, 0.25) is 0 Å². The summed E-state index contributed by atoms with van der Waals surface area (Å²) in [6.45, 7) is 16.3. The van der Waals surface area contributed by atoms with Gasteiger partial charge in [0.1, 0.15) is 33.8 Å². The fraction of sp³-hybridized carbons (Fsp3) is 0.871. The van der Waals surface area contributed by atoms with Crippen molar-refractivity contribution in [2.24, 2.45) is 11.8 Å². The number of alkyl halides is 2. The van der Waals surface area contributed by atoms with Crippen molar-refractivity contribution in [2.75, 3.05) is 26.4 Å². The van der Waals surface area contributed by atoms with Gasteiger partial charge in [-0.15, -0.1) is 0 Å². The molecule has 2 aliphatic heterocycles. The summed E-state index contributed by atoms with van der Waals surface area (Å²) in [5.41, 5.74) is -3.17. The summed E-state index contributed by atoms with van der Waals surface area (Å²) in [5.74, 6) is -2.59. The van der Waals surface area contributed by atoms with E-state index < -0.39 is 49.4 Å². The van der Waals surface area contributed by atoms with Crippen LogP contribution in [0, 0.1) is 11.8 Å². The molecule has 0 spiro atoms. The summed E-state index contributed by atoms with van der Waals surface area (Å²) in [7, 11) is 0. The van der Waals surface area contributed by atoms with Crippen LogP contribution in [0.4, 0.5) is 0 Å². The third kappa shape index (κ3) is 10.8. The van der Waals surface area contributed by atoms with Crippen molar-refractivity contribution in [3.8, 4) is 0 Å². The number of rotatable bonds is 13. The molecule has 0 aromatic rings. The second-order valence-corrected chi connectivity index (χ2v) is 19.2. The van der Waals surface area contributed by atoms with E-state index in [9.17, 15) is 29.6 Å². The molecule has 14 heteroatoms. The summed E-state index contributed by atoms with van der Waals surface area (Å²) in [5, 5.41) is 25.3. The van der Waals surface area contributed by atoms with Crippen molar-refractivity contribution in [1.82, 2.24) is 10.1 Å². The molecule has 260 valence electrons. The predicted molar refractivity (Wildman–Crippen MR) is 182 cm³/mol. The van der Waals surface area contributed by atoms with Gasteiger partial charge in [0.15, 0.2) is 0 Å². The minimum Gasteiger partial charge on any atom is -0.462 e. The first-order valence-electron chi connectivity index (χ1n) is 15.4. The quantitative estimate of drug-likeness (QED) is 0.0818. The zero-order valence-electron chi connectivity index (χ0n) is 28.1. The lowest BCUT2D eigenvalue weighted by Gasteiger charge is -2.56. The van der Waals surface area contributed by atoms with Crippen LogP contribution in [-0.2, 0) is 38.1 Å². The molecule has 5 atom stereocenters. The molecule has 2 N–H and O–H groups in total. The highest BCUT2D eigenvalue weighted by Gasteiger charge is 2.54. The SMILES string of the molecule is CC(I)C(=O)OCCOC(=O)C1CC(C)(C)N(O)C(C)(CCC2(C)CC(C(=O)OCCOC(=O)C(C)(C)I)CC(C)(C)N2O)C1. The molecule has 0 bridgehead atoms. The molecular weight excluding hydrogens is 814 g/mol. The van der Waals surface area contributed by atoms with Crippen LogP contribution < -0.4 is 0 Å². The summed E-state index contributed by atoms with van der Waals surface area (Å²) < 4.78 is 20.3. The number of ether oxygens (including phenoxy) is 4. The highest BCUT2D eigenvalue weighted by Crippen LogP contribution is 2.47. The first-order chi connectivity index (χ1) is 20.4. The zero-order chi connectivity index (χ0) is 34.6. The van der Waals surface area contributed by atoms with Crippen LogP contribution in [0.5, 0.6) is 0 Å². The number of piperidine rings is 2. The smallest absolute Gasteiger partial charge is 0.321 e. The maximum absolute atomic E-state index is 13.1. The normalized spacial score (nSPS) is 29.4. The predicted octanol–water partition coefficient (Wildman–Crippen LogP) is 5.25. The third-order valence-corrected chi connectivity index (χ3v) is 9.79. The number of hydrogen-bond acceptors (Lipinski definition) is 12. The Labute approximate surface area is 294 Å². The molecule has 45 heavy (non-hydrogen) atoms. The molecule has 0 aromatic carbocycles.